The van der Waals surface area contributed by atoms with Crippen LogP contribution in [-0.2, 0) is 13.6 Å². The van der Waals surface area contributed by atoms with E-state index in [0.29, 0.717) is 11.1 Å². The minimum Gasteiger partial charge on any atom is -0.464 e. The van der Waals surface area contributed by atoms with Crippen LogP contribution in [0.4, 0.5) is 8.78 Å². The van der Waals surface area contributed by atoms with Crippen molar-refractivity contribution < 1.29 is 26.9 Å². The van der Waals surface area contributed by atoms with Crippen molar-refractivity contribution in [3.8, 4) is 5.75 Å². The predicted molar refractivity (Wildman–Crippen MR) is 117 cm³/mol. The van der Waals surface area contributed by atoms with E-state index in [2.05, 4.69) is 0 Å². The van der Waals surface area contributed by atoms with Crippen molar-refractivity contribution in [1.29, 1.82) is 0 Å². The Morgan fingerprint density at radius 3 is 1.77 bits per heavy atom. The van der Waals surface area contributed by atoms with Crippen LogP contribution in [0.15, 0.2) is 72.8 Å². The molecule has 0 fully saturated rings. The molecule has 30 heavy (non-hydrogen) atoms. The highest BCUT2D eigenvalue weighted by molar-refractivity contribution is 7.68. The quantitative estimate of drug-likeness (QED) is 0.416. The lowest BCUT2D eigenvalue weighted by Crippen LogP contribution is -2.17. The molecule has 158 valence electrons. The predicted octanol–water partition coefficient (Wildman–Crippen LogP) is 5.28. The molecule has 0 N–H and O–H groups in total. The molecule has 0 heterocycles. The number of hydrogen-bond donors (Lipinski definition) is 0. The normalized spacial score (nSPS) is 11.6. The van der Waals surface area contributed by atoms with Crippen molar-refractivity contribution in [1.82, 2.24) is 0 Å². The number of hydrogen-bond acceptors (Lipinski definition) is 4. The molecule has 0 spiro atoms. The average molecular weight is 450 g/mol. The second kappa shape index (κ2) is 10.3. The van der Waals surface area contributed by atoms with E-state index in [9.17, 15) is 13.3 Å². The number of rotatable bonds is 9. The Hall–Kier alpha value is -2.10. The van der Waals surface area contributed by atoms with Crippen molar-refractivity contribution in [2.75, 3.05) is 13.2 Å². The summed E-state index contributed by atoms with van der Waals surface area (Å²) in [5.74, 6) is -0.264. The molecule has 0 aliphatic rings. The zero-order chi connectivity index (χ0) is 21.6. The van der Waals surface area contributed by atoms with Gasteiger partial charge in [0.25, 0.3) is 0 Å². The summed E-state index contributed by atoms with van der Waals surface area (Å²) in [7, 11) is -4.89. The van der Waals surface area contributed by atoms with Crippen LogP contribution >= 0.6 is 15.7 Å². The van der Waals surface area contributed by atoms with Gasteiger partial charge < -0.3 is 13.6 Å². The molecule has 0 atom stereocenters. The molecule has 3 aromatic rings. The fourth-order valence-corrected chi connectivity index (χ4v) is 6.03. The summed E-state index contributed by atoms with van der Waals surface area (Å²) >= 11 is 0. The highest BCUT2D eigenvalue weighted by Gasteiger charge is 2.27. The summed E-state index contributed by atoms with van der Waals surface area (Å²) in [5.41, 5.74) is 0. The molecular weight excluding hydrogens is 428 g/mol. The lowest BCUT2D eigenvalue weighted by Gasteiger charge is -2.21. The fraction of sp³-hybridized carbons (Fsp3) is 0.182. The molecule has 4 nitrogen and oxygen atoms in total. The Labute approximate surface area is 176 Å². The molecule has 0 saturated carbocycles. The third-order valence-corrected chi connectivity index (χ3v) is 8.09. The van der Waals surface area contributed by atoms with Crippen LogP contribution in [0.1, 0.15) is 13.8 Å². The van der Waals surface area contributed by atoms with Crippen LogP contribution < -0.4 is 20.4 Å². The Morgan fingerprint density at radius 1 is 0.800 bits per heavy atom. The molecule has 0 radical (unpaired) electrons. The first kappa shape index (κ1) is 22.6. The van der Waals surface area contributed by atoms with E-state index in [1.165, 1.54) is 24.3 Å². The molecule has 3 aromatic carbocycles. The van der Waals surface area contributed by atoms with Crippen LogP contribution in [-0.4, -0.2) is 13.2 Å². The topological polar surface area (TPSA) is 44.8 Å². The summed E-state index contributed by atoms with van der Waals surface area (Å²) in [4.78, 5) is 0. The van der Waals surface area contributed by atoms with Crippen molar-refractivity contribution >= 4 is 31.7 Å². The molecule has 3 rings (SSSR count). The highest BCUT2D eigenvalue weighted by atomic mass is 31.2. The van der Waals surface area contributed by atoms with Gasteiger partial charge in [-0.1, -0.05) is 6.07 Å². The highest BCUT2D eigenvalue weighted by Crippen LogP contribution is 2.48. The van der Waals surface area contributed by atoms with Gasteiger partial charge in [-0.05, 0) is 80.6 Å². The van der Waals surface area contributed by atoms with Gasteiger partial charge in [0.1, 0.15) is 17.4 Å². The molecule has 0 aromatic heterocycles. The molecule has 0 unspecified atom stereocenters. The smallest absolute Gasteiger partial charge is 0.361 e. The van der Waals surface area contributed by atoms with Gasteiger partial charge in [0.2, 0.25) is 0 Å². The summed E-state index contributed by atoms with van der Waals surface area (Å²) in [6.07, 6.45) is 0. The van der Waals surface area contributed by atoms with Crippen LogP contribution in [0.2, 0.25) is 0 Å². The van der Waals surface area contributed by atoms with Gasteiger partial charge in [0.05, 0.1) is 18.5 Å². The van der Waals surface area contributed by atoms with Crippen molar-refractivity contribution in [2.45, 2.75) is 13.8 Å². The fourth-order valence-electron chi connectivity index (χ4n) is 2.75. The molecular formula is C22H22F2O4P2. The van der Waals surface area contributed by atoms with E-state index in [0.717, 1.165) is 10.6 Å². The Morgan fingerprint density at radius 2 is 1.30 bits per heavy atom. The SMILES string of the molecule is CCOP(=O)(OCC)c1cccc(OP(c2ccc(F)cc2)c2ccc(F)cc2)c1. The summed E-state index contributed by atoms with van der Waals surface area (Å²) in [5, 5.41) is 1.89. The van der Waals surface area contributed by atoms with Crippen LogP contribution in [0.25, 0.3) is 0 Å². The standard InChI is InChI=1S/C22H22F2O4P2/c1-3-26-30(25,27-4-2)22-7-5-6-19(16-22)28-29(20-12-8-17(23)9-13-20)21-14-10-18(24)11-15-21/h5-16H,3-4H2,1-2H3. The van der Waals surface area contributed by atoms with Crippen molar-refractivity contribution in [3.05, 3.63) is 84.4 Å². The second-order valence-corrected chi connectivity index (χ2v) is 10.0. The average Bonchev–Trinajstić information content (AvgIpc) is 2.74. The number of benzene rings is 3. The zero-order valence-corrected chi connectivity index (χ0v) is 18.4. The summed E-state index contributed by atoms with van der Waals surface area (Å²) in [6, 6.07) is 18.7. The maximum atomic E-state index is 13.4. The Balaban J connectivity index is 1.97. The molecule has 0 bridgehead atoms. The van der Waals surface area contributed by atoms with Crippen LogP contribution in [0, 0.1) is 11.6 Å². The van der Waals surface area contributed by atoms with Gasteiger partial charge in [-0.2, -0.15) is 0 Å². The summed E-state index contributed by atoms with van der Waals surface area (Å²) < 4.78 is 57.0. The molecule has 0 saturated heterocycles. The third-order valence-electron chi connectivity index (χ3n) is 4.05. The Bertz CT molecular complexity index is 955. The van der Waals surface area contributed by atoms with E-state index in [-0.39, 0.29) is 24.8 Å². The molecule has 0 aliphatic carbocycles. The van der Waals surface area contributed by atoms with Gasteiger partial charge in [-0.3, -0.25) is 4.57 Å². The number of halogens is 2. The maximum absolute atomic E-state index is 13.4. The minimum atomic E-state index is -3.47. The van der Waals surface area contributed by atoms with Gasteiger partial charge in [0, 0.05) is 10.6 Å². The van der Waals surface area contributed by atoms with Crippen molar-refractivity contribution in [2.24, 2.45) is 0 Å². The third kappa shape index (κ3) is 5.53. The Kier molecular flexibility index (Phi) is 7.74. The van der Waals surface area contributed by atoms with E-state index in [1.807, 2.05) is 0 Å². The molecule has 0 aliphatic heterocycles. The van der Waals surface area contributed by atoms with Crippen LogP contribution in [0.3, 0.4) is 0 Å². The summed E-state index contributed by atoms with van der Waals surface area (Å²) in [6.45, 7) is 3.96. The van der Waals surface area contributed by atoms with E-state index in [4.69, 9.17) is 13.6 Å². The minimum absolute atomic E-state index is 0.236. The maximum Gasteiger partial charge on any atom is 0.361 e. The van der Waals surface area contributed by atoms with E-state index < -0.39 is 15.7 Å². The first-order valence-corrected chi connectivity index (χ1v) is 12.2. The van der Waals surface area contributed by atoms with Crippen LogP contribution in [0.5, 0.6) is 5.75 Å². The van der Waals surface area contributed by atoms with Gasteiger partial charge in [0.15, 0.2) is 8.15 Å². The first-order chi connectivity index (χ1) is 14.4. The van der Waals surface area contributed by atoms with E-state index in [1.54, 1.807) is 62.4 Å². The first-order valence-electron chi connectivity index (χ1n) is 9.44. The van der Waals surface area contributed by atoms with Gasteiger partial charge in [-0.15, -0.1) is 0 Å². The molecule has 8 heteroatoms. The van der Waals surface area contributed by atoms with Gasteiger partial charge in [-0.25, -0.2) is 8.78 Å². The van der Waals surface area contributed by atoms with E-state index >= 15 is 0 Å². The largest absolute Gasteiger partial charge is 0.464 e. The lowest BCUT2D eigenvalue weighted by atomic mass is 10.3. The molecule has 0 amide bonds. The van der Waals surface area contributed by atoms with Crippen molar-refractivity contribution in [3.63, 3.8) is 0 Å². The second-order valence-electron chi connectivity index (χ2n) is 6.17. The lowest BCUT2D eigenvalue weighted by molar-refractivity contribution is 0.230. The monoisotopic (exact) mass is 450 g/mol. The zero-order valence-electron chi connectivity index (χ0n) is 16.6. The van der Waals surface area contributed by atoms with Gasteiger partial charge >= 0.3 is 7.60 Å².